The molecule has 0 aliphatic heterocycles. The van der Waals surface area contributed by atoms with Gasteiger partial charge in [-0.15, -0.1) is 0 Å². The molecule has 0 amide bonds. The van der Waals surface area contributed by atoms with E-state index in [1.807, 2.05) is 42.5 Å². The quantitative estimate of drug-likeness (QED) is 0.711. The third-order valence-electron chi connectivity index (χ3n) is 2.82. The van der Waals surface area contributed by atoms with Crippen LogP contribution in [0.2, 0.25) is 0 Å². The molecule has 98 valence electrons. The molecule has 20 heavy (non-hydrogen) atoms. The third-order valence-corrected chi connectivity index (χ3v) is 3.32. The van der Waals surface area contributed by atoms with E-state index >= 15 is 0 Å². The Morgan fingerprint density at radius 3 is 2.65 bits per heavy atom. The molecule has 3 rings (SSSR count). The van der Waals surface area contributed by atoms with Crippen molar-refractivity contribution in [3.05, 3.63) is 74.9 Å². The highest BCUT2D eigenvalue weighted by Crippen LogP contribution is 2.16. The molecule has 3 nitrogen and oxygen atoms in total. The summed E-state index contributed by atoms with van der Waals surface area (Å²) in [5.41, 5.74) is 1.26. The fourth-order valence-corrected chi connectivity index (χ4v) is 2.22. The maximum absolute atomic E-state index is 11.9. The van der Waals surface area contributed by atoms with Gasteiger partial charge in [-0.05, 0) is 29.8 Å². The van der Waals surface area contributed by atoms with Crippen molar-refractivity contribution in [2.75, 3.05) is 0 Å². The minimum Gasteiger partial charge on any atom is -0.404 e. The summed E-state index contributed by atoms with van der Waals surface area (Å²) in [6.07, 6.45) is 3.55. The molecule has 0 bridgehead atoms. The van der Waals surface area contributed by atoms with Crippen LogP contribution in [0, 0.1) is 0 Å². The topological polar surface area (TPSA) is 43.1 Å². The number of rotatable bonds is 2. The predicted octanol–water partition coefficient (Wildman–Crippen LogP) is 4.12. The molecular formula is C16H10BrNO2. The van der Waals surface area contributed by atoms with E-state index in [9.17, 15) is 4.79 Å². The molecular weight excluding hydrogens is 318 g/mol. The van der Waals surface area contributed by atoms with Gasteiger partial charge in [-0.3, -0.25) is 0 Å². The molecule has 1 heterocycles. The fraction of sp³-hybridized carbons (Fsp3) is 0. The number of nitrogens with zero attached hydrogens (tertiary/aromatic N) is 1. The van der Waals surface area contributed by atoms with E-state index in [-0.39, 0.29) is 5.63 Å². The zero-order chi connectivity index (χ0) is 13.9. The van der Waals surface area contributed by atoms with Crippen LogP contribution in [0.15, 0.2) is 62.2 Å². The van der Waals surface area contributed by atoms with Gasteiger partial charge >= 0.3 is 5.63 Å². The molecule has 0 saturated heterocycles. The maximum atomic E-state index is 11.9. The Bertz CT molecular complexity index is 838. The van der Waals surface area contributed by atoms with Crippen LogP contribution >= 0.6 is 15.9 Å². The van der Waals surface area contributed by atoms with Crippen molar-refractivity contribution in [2.45, 2.75) is 0 Å². The standard InChI is InChI=1S/C16H10BrNO2/c17-12-7-8-14-13(10-12)16(19)20-15(18-14)9-6-11-4-2-1-3-5-11/h1-10H/b9-6+. The molecule has 0 fully saturated rings. The number of fused-ring (bicyclic) bond motifs is 1. The Morgan fingerprint density at radius 1 is 1.05 bits per heavy atom. The van der Waals surface area contributed by atoms with E-state index in [4.69, 9.17) is 4.42 Å². The van der Waals surface area contributed by atoms with Gasteiger partial charge in [0.2, 0.25) is 5.89 Å². The van der Waals surface area contributed by atoms with Crippen molar-refractivity contribution in [3.8, 4) is 0 Å². The number of benzene rings is 2. The van der Waals surface area contributed by atoms with E-state index in [0.717, 1.165) is 10.0 Å². The van der Waals surface area contributed by atoms with E-state index in [0.29, 0.717) is 16.8 Å². The molecule has 0 saturated carbocycles. The minimum atomic E-state index is -0.385. The predicted molar refractivity (Wildman–Crippen MR) is 83.3 cm³/mol. The molecule has 0 aliphatic rings. The maximum Gasteiger partial charge on any atom is 0.347 e. The summed E-state index contributed by atoms with van der Waals surface area (Å²) in [5.74, 6) is 0.300. The Kier molecular flexibility index (Phi) is 3.48. The summed E-state index contributed by atoms with van der Waals surface area (Å²) in [7, 11) is 0. The highest BCUT2D eigenvalue weighted by Gasteiger charge is 2.04. The highest BCUT2D eigenvalue weighted by atomic mass is 79.9. The van der Waals surface area contributed by atoms with Gasteiger partial charge in [-0.25, -0.2) is 9.78 Å². The zero-order valence-electron chi connectivity index (χ0n) is 10.4. The third kappa shape index (κ3) is 2.70. The Hall–Kier alpha value is -2.20. The van der Waals surface area contributed by atoms with Crippen molar-refractivity contribution >= 4 is 39.0 Å². The summed E-state index contributed by atoms with van der Waals surface area (Å²) in [5, 5.41) is 0.469. The van der Waals surface area contributed by atoms with Gasteiger partial charge in [-0.2, -0.15) is 0 Å². The Morgan fingerprint density at radius 2 is 1.85 bits per heavy atom. The first-order chi connectivity index (χ1) is 9.72. The van der Waals surface area contributed by atoms with E-state index < -0.39 is 0 Å². The summed E-state index contributed by atoms with van der Waals surface area (Å²) >= 11 is 3.32. The first-order valence-corrected chi connectivity index (χ1v) is 6.85. The van der Waals surface area contributed by atoms with Crippen LogP contribution < -0.4 is 5.63 Å². The average molecular weight is 328 g/mol. The van der Waals surface area contributed by atoms with E-state index in [1.54, 1.807) is 18.2 Å². The summed E-state index contributed by atoms with van der Waals surface area (Å²) in [4.78, 5) is 16.2. The molecule has 3 aromatic rings. The second-order valence-corrected chi connectivity index (χ2v) is 5.16. The largest absolute Gasteiger partial charge is 0.404 e. The van der Waals surface area contributed by atoms with Crippen molar-refractivity contribution in [2.24, 2.45) is 0 Å². The molecule has 0 radical (unpaired) electrons. The zero-order valence-corrected chi connectivity index (χ0v) is 12.0. The van der Waals surface area contributed by atoms with Crippen LogP contribution in [0.5, 0.6) is 0 Å². The van der Waals surface area contributed by atoms with Gasteiger partial charge < -0.3 is 4.42 Å². The summed E-state index contributed by atoms with van der Waals surface area (Å²) < 4.78 is 6.02. The van der Waals surface area contributed by atoms with Crippen molar-refractivity contribution in [3.63, 3.8) is 0 Å². The lowest BCUT2D eigenvalue weighted by Gasteiger charge is -1.98. The molecule has 0 N–H and O–H groups in total. The smallest absolute Gasteiger partial charge is 0.347 e. The van der Waals surface area contributed by atoms with Crippen LogP contribution in [0.4, 0.5) is 0 Å². The van der Waals surface area contributed by atoms with Gasteiger partial charge in [0.15, 0.2) is 0 Å². The van der Waals surface area contributed by atoms with Crippen LogP contribution in [0.3, 0.4) is 0 Å². The SMILES string of the molecule is O=c1oc(/C=C/c2ccccc2)nc2ccc(Br)cc12. The van der Waals surface area contributed by atoms with Crippen LogP contribution in [-0.4, -0.2) is 4.98 Å². The Labute approximate surface area is 123 Å². The second kappa shape index (κ2) is 5.43. The molecule has 0 spiro atoms. The monoisotopic (exact) mass is 327 g/mol. The first kappa shape index (κ1) is 12.8. The van der Waals surface area contributed by atoms with Crippen molar-refractivity contribution in [1.82, 2.24) is 4.98 Å². The molecule has 0 unspecified atom stereocenters. The molecule has 4 heteroatoms. The number of aromatic nitrogens is 1. The lowest BCUT2D eigenvalue weighted by molar-refractivity contribution is 0.490. The number of halogens is 1. The van der Waals surface area contributed by atoms with Gasteiger partial charge in [0.25, 0.3) is 0 Å². The summed E-state index contributed by atoms with van der Waals surface area (Å²) in [6, 6.07) is 15.1. The van der Waals surface area contributed by atoms with Gasteiger partial charge in [0.1, 0.15) is 0 Å². The lowest BCUT2D eigenvalue weighted by atomic mass is 10.2. The van der Waals surface area contributed by atoms with Gasteiger partial charge in [0, 0.05) is 10.5 Å². The van der Waals surface area contributed by atoms with Gasteiger partial charge in [0.05, 0.1) is 10.9 Å². The van der Waals surface area contributed by atoms with Crippen LogP contribution in [-0.2, 0) is 0 Å². The van der Waals surface area contributed by atoms with Crippen molar-refractivity contribution in [1.29, 1.82) is 0 Å². The van der Waals surface area contributed by atoms with Crippen molar-refractivity contribution < 1.29 is 4.42 Å². The fourth-order valence-electron chi connectivity index (χ4n) is 1.86. The van der Waals surface area contributed by atoms with E-state index in [2.05, 4.69) is 20.9 Å². The Balaban J connectivity index is 2.03. The summed E-state index contributed by atoms with van der Waals surface area (Å²) in [6.45, 7) is 0. The second-order valence-electron chi connectivity index (χ2n) is 4.25. The normalized spacial score (nSPS) is 11.2. The highest BCUT2D eigenvalue weighted by molar-refractivity contribution is 9.10. The lowest BCUT2D eigenvalue weighted by Crippen LogP contribution is -2.02. The average Bonchev–Trinajstić information content (AvgIpc) is 2.47. The van der Waals surface area contributed by atoms with Crippen LogP contribution in [0.25, 0.3) is 23.1 Å². The van der Waals surface area contributed by atoms with Gasteiger partial charge in [-0.1, -0.05) is 46.3 Å². The molecule has 0 atom stereocenters. The van der Waals surface area contributed by atoms with Crippen LogP contribution in [0.1, 0.15) is 11.5 Å². The number of hydrogen-bond acceptors (Lipinski definition) is 3. The minimum absolute atomic E-state index is 0.300. The first-order valence-electron chi connectivity index (χ1n) is 6.06. The van der Waals surface area contributed by atoms with E-state index in [1.165, 1.54) is 0 Å². The molecule has 1 aromatic heterocycles. The molecule has 2 aromatic carbocycles. The molecule has 0 aliphatic carbocycles. The number of hydrogen-bond donors (Lipinski definition) is 0.